The van der Waals surface area contributed by atoms with Crippen molar-refractivity contribution in [3.05, 3.63) is 12.7 Å². The lowest BCUT2D eigenvalue weighted by molar-refractivity contribution is -0.141. The normalized spacial score (nSPS) is 14.2. The van der Waals surface area contributed by atoms with Crippen LogP contribution in [0.4, 0.5) is 0 Å². The van der Waals surface area contributed by atoms with Crippen molar-refractivity contribution in [3.8, 4) is 0 Å². The fraction of sp³-hybridized carbons (Fsp3) is 0.812. The molecule has 1 atom stereocenters. The first-order valence-electron chi connectivity index (χ1n) is 8.83. The summed E-state index contributed by atoms with van der Waals surface area (Å²) < 4.78 is 22.6. The Balaban J connectivity index is 3.94. The van der Waals surface area contributed by atoms with Crippen molar-refractivity contribution in [3.63, 3.8) is 0 Å². The molecule has 0 aliphatic carbocycles. The summed E-state index contributed by atoms with van der Waals surface area (Å²) in [6.45, 7) is 17.1. The number of ether oxygens (including phenoxy) is 2. The Morgan fingerprint density at radius 2 is 1.68 bits per heavy atom. The van der Waals surface area contributed by atoms with Crippen LogP contribution in [-0.2, 0) is 23.1 Å². The number of hydrogen-bond acceptors (Lipinski definition) is 6. The second-order valence-corrected chi connectivity index (χ2v) is 18.8. The minimum atomic E-state index is -1.61. The number of aliphatic hydroxyl groups is 1. The quantitative estimate of drug-likeness (QED) is 0.156. The van der Waals surface area contributed by atoms with Crippen LogP contribution in [0.1, 0.15) is 6.42 Å². The summed E-state index contributed by atoms with van der Waals surface area (Å²) in [6, 6.07) is 1.07. The van der Waals surface area contributed by atoms with E-state index < -0.39 is 38.2 Å². The number of carbonyl (C=O) groups is 1. The van der Waals surface area contributed by atoms with Crippen LogP contribution >= 0.6 is 0 Å². The Labute approximate surface area is 157 Å². The number of carbonyl (C=O) groups excluding carboxylic acids is 1. The van der Waals surface area contributed by atoms with Gasteiger partial charge in [0.25, 0.3) is 0 Å². The van der Waals surface area contributed by atoms with Gasteiger partial charge in [0.1, 0.15) is 18.6 Å². The van der Waals surface area contributed by atoms with Gasteiger partial charge in [0, 0.05) is 12.7 Å². The average molecular weight is 409 g/mol. The van der Waals surface area contributed by atoms with Crippen molar-refractivity contribution in [2.45, 2.75) is 63.8 Å². The second kappa shape index (κ2) is 12.2. The van der Waals surface area contributed by atoms with Gasteiger partial charge in [0.2, 0.25) is 0 Å². The third-order valence-electron chi connectivity index (χ3n) is 2.84. The Bertz CT molecular complexity index is 376. The fourth-order valence-corrected chi connectivity index (χ4v) is 8.49. The summed E-state index contributed by atoms with van der Waals surface area (Å²) in [5.74, 6) is -0.539. The molecule has 0 fully saturated rings. The lowest BCUT2D eigenvalue weighted by Gasteiger charge is -2.31. The molecule has 0 saturated carbocycles. The van der Waals surface area contributed by atoms with Crippen LogP contribution in [0.3, 0.4) is 0 Å². The Morgan fingerprint density at radius 1 is 1.12 bits per heavy atom. The molecule has 0 amide bonds. The van der Waals surface area contributed by atoms with Crippen molar-refractivity contribution in [2.75, 3.05) is 19.8 Å². The zero-order valence-corrected chi connectivity index (χ0v) is 20.1. The molecule has 0 rings (SSSR count). The van der Waals surface area contributed by atoms with Crippen molar-refractivity contribution >= 4 is 32.1 Å². The number of hydrogen-bond donors (Lipinski definition) is 1. The van der Waals surface area contributed by atoms with Gasteiger partial charge in [-0.1, -0.05) is 12.6 Å². The van der Waals surface area contributed by atoms with E-state index in [0.29, 0.717) is 6.61 Å². The molecule has 0 aromatic carbocycles. The Hall–Kier alpha value is -0.299. The first kappa shape index (κ1) is 24.7. The smallest absolute Gasteiger partial charge is 0.330 e. The molecular formula is C16H36O6Si3. The molecule has 0 aromatic heterocycles. The van der Waals surface area contributed by atoms with E-state index in [1.54, 1.807) is 0 Å². The van der Waals surface area contributed by atoms with Gasteiger partial charge in [0.15, 0.2) is 16.6 Å². The van der Waals surface area contributed by atoms with Gasteiger partial charge >= 0.3 is 5.97 Å². The van der Waals surface area contributed by atoms with E-state index in [1.165, 1.54) is 0 Å². The standard InChI is InChI=1S/C16H36O6Si3/c1-8-15(18)20-13-14(17)12-19-10-9-11-23-16(21-24(2,3)4)22-25(5,6)7/h8,14,16-17H,1,9-13,23H2,2-7H3. The highest BCUT2D eigenvalue weighted by Gasteiger charge is 2.26. The first-order valence-corrected chi connectivity index (χ1v) is 17.5. The van der Waals surface area contributed by atoms with Crippen molar-refractivity contribution in [1.82, 2.24) is 0 Å². The maximum atomic E-state index is 10.9. The summed E-state index contributed by atoms with van der Waals surface area (Å²) in [7, 11) is -3.73. The maximum absolute atomic E-state index is 10.9. The molecule has 0 aliphatic rings. The van der Waals surface area contributed by atoms with Crippen LogP contribution in [0.25, 0.3) is 0 Å². The lowest BCUT2D eigenvalue weighted by atomic mass is 10.4. The molecule has 1 unspecified atom stereocenters. The summed E-state index contributed by atoms with van der Waals surface area (Å²) in [5.41, 5.74) is 0. The highest BCUT2D eigenvalue weighted by Crippen LogP contribution is 2.14. The molecule has 0 bridgehead atoms. The van der Waals surface area contributed by atoms with Crippen LogP contribution in [0.2, 0.25) is 45.3 Å². The maximum Gasteiger partial charge on any atom is 0.330 e. The fourth-order valence-electron chi connectivity index (χ4n) is 1.95. The molecule has 0 spiro atoms. The number of esters is 1. The number of rotatable bonds is 14. The van der Waals surface area contributed by atoms with E-state index in [0.717, 1.165) is 18.5 Å². The molecule has 148 valence electrons. The molecule has 9 heteroatoms. The minimum Gasteiger partial charge on any atom is -0.460 e. The van der Waals surface area contributed by atoms with Crippen LogP contribution in [0, 0.1) is 0 Å². The van der Waals surface area contributed by atoms with Crippen LogP contribution in [-0.4, -0.2) is 69.1 Å². The van der Waals surface area contributed by atoms with Gasteiger partial charge in [-0.2, -0.15) is 0 Å². The largest absolute Gasteiger partial charge is 0.460 e. The first-order chi connectivity index (χ1) is 11.4. The van der Waals surface area contributed by atoms with Crippen molar-refractivity contribution in [2.24, 2.45) is 0 Å². The summed E-state index contributed by atoms with van der Waals surface area (Å²) in [6.07, 6.45) is 1.19. The molecule has 0 radical (unpaired) electrons. The third-order valence-corrected chi connectivity index (χ3v) is 7.16. The Kier molecular flexibility index (Phi) is 12.0. The molecule has 0 saturated heterocycles. The van der Waals surface area contributed by atoms with E-state index in [9.17, 15) is 9.90 Å². The summed E-state index contributed by atoms with van der Waals surface area (Å²) in [5, 5.41) is 9.63. The molecule has 1 N–H and O–H groups in total. The molecule has 25 heavy (non-hydrogen) atoms. The van der Waals surface area contributed by atoms with E-state index >= 15 is 0 Å². The van der Waals surface area contributed by atoms with Crippen molar-refractivity contribution in [1.29, 1.82) is 0 Å². The zero-order valence-electron chi connectivity index (χ0n) is 16.7. The van der Waals surface area contributed by atoms with E-state index in [2.05, 4.69) is 45.9 Å². The van der Waals surface area contributed by atoms with Gasteiger partial charge in [-0.15, -0.1) is 0 Å². The number of aliphatic hydroxyl groups excluding tert-OH is 1. The van der Waals surface area contributed by atoms with Gasteiger partial charge in [-0.3, -0.25) is 0 Å². The van der Waals surface area contributed by atoms with Crippen LogP contribution < -0.4 is 0 Å². The minimum absolute atomic E-state index is 0.00207. The SMILES string of the molecule is C=CC(=O)OCC(O)COCCC[SiH2]C(O[Si](C)(C)C)O[Si](C)(C)C. The molecule has 6 nitrogen and oxygen atoms in total. The topological polar surface area (TPSA) is 74.2 Å². The molecular weight excluding hydrogens is 372 g/mol. The van der Waals surface area contributed by atoms with E-state index in [-0.39, 0.29) is 19.1 Å². The summed E-state index contributed by atoms with van der Waals surface area (Å²) in [4.78, 5) is 10.9. The lowest BCUT2D eigenvalue weighted by Crippen LogP contribution is -2.43. The highest BCUT2D eigenvalue weighted by atomic mass is 28.4. The average Bonchev–Trinajstić information content (AvgIpc) is 2.44. The van der Waals surface area contributed by atoms with E-state index in [1.807, 2.05) is 0 Å². The van der Waals surface area contributed by atoms with Crippen molar-refractivity contribution < 1.29 is 28.2 Å². The van der Waals surface area contributed by atoms with Crippen LogP contribution in [0.5, 0.6) is 0 Å². The van der Waals surface area contributed by atoms with Gasteiger partial charge in [0.05, 0.1) is 16.1 Å². The highest BCUT2D eigenvalue weighted by molar-refractivity contribution is 6.71. The monoisotopic (exact) mass is 408 g/mol. The van der Waals surface area contributed by atoms with Crippen LogP contribution in [0.15, 0.2) is 12.7 Å². The zero-order chi connectivity index (χ0) is 19.5. The Morgan fingerprint density at radius 3 is 2.16 bits per heavy atom. The predicted molar refractivity (Wildman–Crippen MR) is 109 cm³/mol. The summed E-state index contributed by atoms with van der Waals surface area (Å²) >= 11 is 0. The van der Waals surface area contributed by atoms with Gasteiger partial charge in [-0.05, 0) is 45.7 Å². The van der Waals surface area contributed by atoms with Gasteiger partial charge in [-0.25, -0.2) is 4.79 Å². The van der Waals surface area contributed by atoms with E-state index in [4.69, 9.17) is 18.3 Å². The molecule has 0 heterocycles. The third kappa shape index (κ3) is 16.9. The molecule has 0 aromatic rings. The second-order valence-electron chi connectivity index (χ2n) is 7.95. The molecule has 0 aliphatic heterocycles. The predicted octanol–water partition coefficient (Wildman–Crippen LogP) is 2.06. The van der Waals surface area contributed by atoms with Gasteiger partial charge < -0.3 is 23.4 Å².